The normalized spacial score (nSPS) is 14.8. The Balaban J connectivity index is 1.51. The Labute approximate surface area is 170 Å². The van der Waals surface area contributed by atoms with Gasteiger partial charge in [-0.3, -0.25) is 0 Å². The van der Waals surface area contributed by atoms with Gasteiger partial charge in [0.2, 0.25) is 15.8 Å². The number of hydrogen-bond acceptors (Lipinski definition) is 7. The van der Waals surface area contributed by atoms with Crippen LogP contribution in [0.25, 0.3) is 0 Å². The summed E-state index contributed by atoms with van der Waals surface area (Å²) in [5.74, 6) is 0.430. The minimum absolute atomic E-state index is 0.0268. The van der Waals surface area contributed by atoms with E-state index in [2.05, 4.69) is 27.0 Å². The molecule has 1 saturated heterocycles. The van der Waals surface area contributed by atoms with E-state index in [1.165, 1.54) is 11.9 Å². The second-order valence-electron chi connectivity index (χ2n) is 7.05. The molecule has 1 aliphatic rings. The van der Waals surface area contributed by atoms with Crippen LogP contribution in [0.4, 0.5) is 17.5 Å². The molecule has 2 heterocycles. The van der Waals surface area contributed by atoms with Crippen molar-refractivity contribution < 1.29 is 8.42 Å². The van der Waals surface area contributed by atoms with Crippen LogP contribution in [-0.4, -0.2) is 44.6 Å². The molecule has 1 fully saturated rings. The van der Waals surface area contributed by atoms with Gasteiger partial charge >= 0.3 is 0 Å². The molecular formula is C21H23N5O2S. The van der Waals surface area contributed by atoms with Gasteiger partial charge in [-0.15, -0.1) is 0 Å². The minimum atomic E-state index is -3.76. The molecule has 2 N–H and O–H groups in total. The SMILES string of the molecule is Cc1ccc(S(=O)(=O)c2cnc(N3CCN(c4ccccc4)CC3)nc2N)cc1. The van der Waals surface area contributed by atoms with E-state index in [0.29, 0.717) is 5.95 Å². The summed E-state index contributed by atoms with van der Waals surface area (Å²) in [5, 5.41) is 0. The number of aryl methyl sites for hydroxylation is 1. The standard InChI is InChI=1S/C21H23N5O2S/c1-16-7-9-18(10-8-16)29(27,28)19-15-23-21(24-20(19)22)26-13-11-25(12-14-26)17-5-3-2-4-6-17/h2-10,15H,11-14H2,1H3,(H2,22,23,24). The van der Waals surface area contributed by atoms with Gasteiger partial charge in [-0.1, -0.05) is 35.9 Å². The van der Waals surface area contributed by atoms with Crippen LogP contribution in [0.5, 0.6) is 0 Å². The summed E-state index contributed by atoms with van der Waals surface area (Å²) < 4.78 is 25.7. The number of para-hydroxylation sites is 1. The van der Waals surface area contributed by atoms with Crippen molar-refractivity contribution >= 4 is 27.3 Å². The van der Waals surface area contributed by atoms with Crippen molar-refractivity contribution in [3.05, 3.63) is 66.4 Å². The summed E-state index contributed by atoms with van der Waals surface area (Å²) in [5.41, 5.74) is 8.20. The molecule has 150 valence electrons. The van der Waals surface area contributed by atoms with Crippen LogP contribution >= 0.6 is 0 Å². The first-order chi connectivity index (χ1) is 13.9. The molecule has 0 saturated carbocycles. The zero-order chi connectivity index (χ0) is 20.4. The summed E-state index contributed by atoms with van der Waals surface area (Å²) in [6, 6.07) is 16.9. The maximum atomic E-state index is 12.9. The van der Waals surface area contributed by atoms with Crippen molar-refractivity contribution in [2.24, 2.45) is 0 Å². The summed E-state index contributed by atoms with van der Waals surface area (Å²) in [7, 11) is -3.76. The number of hydrogen-bond donors (Lipinski definition) is 1. The van der Waals surface area contributed by atoms with Gasteiger partial charge in [-0.05, 0) is 31.2 Å². The molecule has 0 spiro atoms. The first-order valence-corrected chi connectivity index (χ1v) is 10.9. The molecule has 0 radical (unpaired) electrons. The highest BCUT2D eigenvalue weighted by atomic mass is 32.2. The molecule has 0 bridgehead atoms. The van der Waals surface area contributed by atoms with Gasteiger partial charge < -0.3 is 15.5 Å². The molecule has 8 heteroatoms. The third kappa shape index (κ3) is 3.88. The molecular weight excluding hydrogens is 386 g/mol. The molecule has 0 unspecified atom stereocenters. The highest BCUT2D eigenvalue weighted by Gasteiger charge is 2.25. The van der Waals surface area contributed by atoms with E-state index in [0.717, 1.165) is 31.7 Å². The number of rotatable bonds is 4. The number of nitrogen functional groups attached to an aromatic ring is 1. The van der Waals surface area contributed by atoms with Gasteiger partial charge in [0.15, 0.2) is 0 Å². The van der Waals surface area contributed by atoms with Crippen molar-refractivity contribution in [1.82, 2.24) is 9.97 Å². The summed E-state index contributed by atoms with van der Waals surface area (Å²) in [6.07, 6.45) is 1.32. The van der Waals surface area contributed by atoms with Crippen LogP contribution in [0.15, 0.2) is 70.6 Å². The fourth-order valence-electron chi connectivity index (χ4n) is 3.38. The summed E-state index contributed by atoms with van der Waals surface area (Å²) >= 11 is 0. The van der Waals surface area contributed by atoms with Crippen molar-refractivity contribution in [1.29, 1.82) is 0 Å². The Bertz CT molecular complexity index is 1090. The molecule has 0 amide bonds. The van der Waals surface area contributed by atoms with Crippen LogP contribution < -0.4 is 15.5 Å². The smallest absolute Gasteiger partial charge is 0.227 e. The maximum absolute atomic E-state index is 12.9. The summed E-state index contributed by atoms with van der Waals surface area (Å²) in [6.45, 7) is 5.03. The van der Waals surface area contributed by atoms with E-state index in [1.807, 2.05) is 30.0 Å². The average molecular weight is 410 g/mol. The molecule has 0 atom stereocenters. The predicted molar refractivity (Wildman–Crippen MR) is 114 cm³/mol. The van der Waals surface area contributed by atoms with E-state index in [9.17, 15) is 8.42 Å². The lowest BCUT2D eigenvalue weighted by Gasteiger charge is -2.36. The number of aromatic nitrogens is 2. The highest BCUT2D eigenvalue weighted by Crippen LogP contribution is 2.26. The molecule has 7 nitrogen and oxygen atoms in total. The Morgan fingerprint density at radius 3 is 2.14 bits per heavy atom. The monoisotopic (exact) mass is 409 g/mol. The molecule has 29 heavy (non-hydrogen) atoms. The third-order valence-corrected chi connectivity index (χ3v) is 6.86. The number of benzene rings is 2. The van der Waals surface area contributed by atoms with Gasteiger partial charge in [-0.2, -0.15) is 4.98 Å². The fourth-order valence-corrected chi connectivity index (χ4v) is 4.64. The second-order valence-corrected chi connectivity index (χ2v) is 8.96. The molecule has 1 aromatic heterocycles. The van der Waals surface area contributed by atoms with Gasteiger partial charge in [0.25, 0.3) is 0 Å². The molecule has 2 aromatic carbocycles. The molecule has 3 aromatic rings. The first kappa shape index (κ1) is 19.2. The number of nitrogens with zero attached hydrogens (tertiary/aromatic N) is 4. The van der Waals surface area contributed by atoms with Crippen LogP contribution in [0, 0.1) is 6.92 Å². The van der Waals surface area contributed by atoms with E-state index < -0.39 is 9.84 Å². The quantitative estimate of drug-likeness (QED) is 0.708. The lowest BCUT2D eigenvalue weighted by Crippen LogP contribution is -2.47. The summed E-state index contributed by atoms with van der Waals surface area (Å²) in [4.78, 5) is 13.1. The number of piperazine rings is 1. The average Bonchev–Trinajstić information content (AvgIpc) is 2.74. The zero-order valence-corrected chi connectivity index (χ0v) is 17.0. The van der Waals surface area contributed by atoms with E-state index >= 15 is 0 Å². The lowest BCUT2D eigenvalue weighted by molar-refractivity contribution is 0.595. The van der Waals surface area contributed by atoms with Crippen molar-refractivity contribution in [2.45, 2.75) is 16.7 Å². The van der Waals surface area contributed by atoms with Gasteiger partial charge in [0, 0.05) is 31.9 Å². The minimum Gasteiger partial charge on any atom is -0.382 e. The van der Waals surface area contributed by atoms with Gasteiger partial charge in [-0.25, -0.2) is 13.4 Å². The highest BCUT2D eigenvalue weighted by molar-refractivity contribution is 7.91. The van der Waals surface area contributed by atoms with Gasteiger partial charge in [0.1, 0.15) is 10.7 Å². The largest absolute Gasteiger partial charge is 0.382 e. The fraction of sp³-hybridized carbons (Fsp3) is 0.238. The first-order valence-electron chi connectivity index (χ1n) is 9.44. The lowest BCUT2D eigenvalue weighted by atomic mass is 10.2. The second kappa shape index (κ2) is 7.71. The van der Waals surface area contributed by atoms with Crippen molar-refractivity contribution in [3.63, 3.8) is 0 Å². The maximum Gasteiger partial charge on any atom is 0.227 e. The Morgan fingerprint density at radius 2 is 1.52 bits per heavy atom. The predicted octanol–water partition coefficient (Wildman–Crippen LogP) is 2.53. The number of sulfone groups is 1. The van der Waals surface area contributed by atoms with Crippen LogP contribution in [-0.2, 0) is 9.84 Å². The van der Waals surface area contributed by atoms with Crippen molar-refractivity contribution in [2.75, 3.05) is 41.7 Å². The van der Waals surface area contributed by atoms with E-state index in [1.54, 1.807) is 24.3 Å². The van der Waals surface area contributed by atoms with Crippen molar-refractivity contribution in [3.8, 4) is 0 Å². The van der Waals surface area contributed by atoms with Gasteiger partial charge in [0.05, 0.1) is 11.1 Å². The zero-order valence-electron chi connectivity index (χ0n) is 16.2. The molecule has 1 aliphatic heterocycles. The van der Waals surface area contributed by atoms with E-state index in [4.69, 9.17) is 5.73 Å². The van der Waals surface area contributed by atoms with Crippen LogP contribution in [0.1, 0.15) is 5.56 Å². The Morgan fingerprint density at radius 1 is 0.897 bits per heavy atom. The third-order valence-electron chi connectivity index (χ3n) is 5.07. The molecule has 4 rings (SSSR count). The van der Waals surface area contributed by atoms with Crippen LogP contribution in [0.2, 0.25) is 0 Å². The Hall–Kier alpha value is -3.13. The topological polar surface area (TPSA) is 92.4 Å². The number of anilines is 3. The van der Waals surface area contributed by atoms with Crippen LogP contribution in [0.3, 0.4) is 0 Å². The Kier molecular flexibility index (Phi) is 5.10. The number of nitrogens with two attached hydrogens (primary N) is 1. The molecule has 0 aliphatic carbocycles. The van der Waals surface area contributed by atoms with E-state index in [-0.39, 0.29) is 15.6 Å².